The van der Waals surface area contributed by atoms with Gasteiger partial charge in [0.2, 0.25) is 0 Å². The summed E-state index contributed by atoms with van der Waals surface area (Å²) in [6, 6.07) is 15.4. The smallest absolute Gasteiger partial charge is 0.157 e. The van der Waals surface area contributed by atoms with Crippen LogP contribution in [0.2, 0.25) is 0 Å². The number of benzene rings is 2. The van der Waals surface area contributed by atoms with Crippen LogP contribution in [0.5, 0.6) is 0 Å². The van der Waals surface area contributed by atoms with Gasteiger partial charge in [0, 0.05) is 5.92 Å². The van der Waals surface area contributed by atoms with E-state index in [1.54, 1.807) is 0 Å². The van der Waals surface area contributed by atoms with E-state index < -0.39 is 0 Å². The van der Waals surface area contributed by atoms with Crippen LogP contribution in [0.4, 0.5) is 0 Å². The van der Waals surface area contributed by atoms with Crippen molar-refractivity contribution in [3.05, 3.63) is 59.2 Å². The summed E-state index contributed by atoms with van der Waals surface area (Å²) in [7, 11) is 0. The fraction of sp³-hybridized carbons (Fsp3) is 0.368. The van der Waals surface area contributed by atoms with E-state index in [0.29, 0.717) is 5.92 Å². The van der Waals surface area contributed by atoms with E-state index in [1.165, 1.54) is 27.8 Å². The maximum Gasteiger partial charge on any atom is 0.157 e. The van der Waals surface area contributed by atoms with E-state index in [1.807, 2.05) is 0 Å². The normalized spacial score (nSPS) is 20.5. The van der Waals surface area contributed by atoms with E-state index in [9.17, 15) is 0 Å². The van der Waals surface area contributed by atoms with Gasteiger partial charge in [-0.05, 0) is 47.6 Å². The molecule has 1 fully saturated rings. The number of aryl methyl sites for hydroxylation is 1. The molecule has 2 aromatic rings. The van der Waals surface area contributed by atoms with Crippen LogP contribution in [0.3, 0.4) is 0 Å². The first-order valence-corrected chi connectivity index (χ1v) is 7.76. The van der Waals surface area contributed by atoms with Crippen LogP contribution < -0.4 is 0 Å². The number of fused-ring (bicyclic) bond motifs is 3. The molecule has 2 nitrogen and oxygen atoms in total. The molecule has 1 aliphatic heterocycles. The zero-order valence-electron chi connectivity index (χ0n) is 12.3. The molecule has 2 aromatic carbocycles. The minimum atomic E-state index is -0.00905. The topological polar surface area (TPSA) is 18.5 Å². The van der Waals surface area contributed by atoms with Crippen molar-refractivity contribution < 1.29 is 9.47 Å². The first-order valence-electron chi connectivity index (χ1n) is 7.76. The van der Waals surface area contributed by atoms with Crippen molar-refractivity contribution in [2.75, 3.05) is 13.2 Å². The lowest BCUT2D eigenvalue weighted by molar-refractivity contribution is -0.0482. The first kappa shape index (κ1) is 13.1. The third-order valence-electron chi connectivity index (χ3n) is 4.68. The molecule has 1 unspecified atom stereocenters. The van der Waals surface area contributed by atoms with Crippen molar-refractivity contribution in [3.8, 4) is 11.1 Å². The summed E-state index contributed by atoms with van der Waals surface area (Å²) < 4.78 is 11.2. The molecule has 1 atom stereocenters. The molecule has 4 rings (SSSR count). The Morgan fingerprint density at radius 2 is 1.67 bits per heavy atom. The molecule has 0 radical (unpaired) electrons. The molecule has 0 bridgehead atoms. The summed E-state index contributed by atoms with van der Waals surface area (Å²) >= 11 is 0. The molecule has 2 heteroatoms. The van der Waals surface area contributed by atoms with Crippen molar-refractivity contribution >= 4 is 0 Å². The van der Waals surface area contributed by atoms with Crippen LogP contribution in [-0.2, 0) is 9.47 Å². The number of hydrogen-bond donors (Lipinski definition) is 0. The number of rotatable bonds is 3. The zero-order chi connectivity index (χ0) is 14.2. The molecule has 1 aliphatic carbocycles. The van der Waals surface area contributed by atoms with Gasteiger partial charge in [0.15, 0.2) is 6.29 Å². The predicted molar refractivity (Wildman–Crippen MR) is 83.4 cm³/mol. The monoisotopic (exact) mass is 280 g/mol. The molecule has 21 heavy (non-hydrogen) atoms. The molecule has 1 saturated heterocycles. The summed E-state index contributed by atoms with van der Waals surface area (Å²) in [6.45, 7) is 3.70. The molecular formula is C19H20O2. The molecule has 108 valence electrons. The molecule has 0 aromatic heterocycles. The molecular weight excluding hydrogens is 260 g/mol. The van der Waals surface area contributed by atoms with E-state index in [2.05, 4.69) is 49.4 Å². The van der Waals surface area contributed by atoms with Crippen molar-refractivity contribution in [1.29, 1.82) is 0 Å². The third kappa shape index (κ3) is 2.19. The summed E-state index contributed by atoms with van der Waals surface area (Å²) in [5, 5.41) is 0. The van der Waals surface area contributed by atoms with Gasteiger partial charge in [-0.1, -0.05) is 42.5 Å². The van der Waals surface area contributed by atoms with Crippen LogP contribution in [0.25, 0.3) is 11.1 Å². The van der Waals surface area contributed by atoms with Gasteiger partial charge in [0.1, 0.15) is 0 Å². The molecule has 2 aliphatic rings. The van der Waals surface area contributed by atoms with Crippen LogP contribution >= 0.6 is 0 Å². The Balaban J connectivity index is 1.69. The number of hydrogen-bond acceptors (Lipinski definition) is 2. The highest BCUT2D eigenvalue weighted by Crippen LogP contribution is 2.48. The Kier molecular flexibility index (Phi) is 3.28. The van der Waals surface area contributed by atoms with Crippen LogP contribution in [0.1, 0.15) is 35.4 Å². The van der Waals surface area contributed by atoms with E-state index in [-0.39, 0.29) is 6.29 Å². The second-order valence-corrected chi connectivity index (χ2v) is 5.92. The minimum Gasteiger partial charge on any atom is -0.350 e. The van der Waals surface area contributed by atoms with Gasteiger partial charge in [-0.3, -0.25) is 0 Å². The summed E-state index contributed by atoms with van der Waals surface area (Å²) in [4.78, 5) is 0. The van der Waals surface area contributed by atoms with Crippen molar-refractivity contribution in [1.82, 2.24) is 0 Å². The van der Waals surface area contributed by atoms with Crippen molar-refractivity contribution in [2.24, 2.45) is 0 Å². The van der Waals surface area contributed by atoms with Crippen molar-refractivity contribution in [3.63, 3.8) is 0 Å². The Hall–Kier alpha value is -1.64. The lowest BCUT2D eigenvalue weighted by Crippen LogP contribution is -2.10. The van der Waals surface area contributed by atoms with Gasteiger partial charge in [0.05, 0.1) is 13.2 Å². The summed E-state index contributed by atoms with van der Waals surface area (Å²) in [5.41, 5.74) is 7.15. The average molecular weight is 280 g/mol. The molecule has 0 amide bonds. The highest BCUT2D eigenvalue weighted by Gasteiger charge is 2.30. The SMILES string of the molecule is Cc1cccc2c1C(CCC1OCCO1)c1ccccc1-2. The van der Waals surface area contributed by atoms with E-state index >= 15 is 0 Å². The average Bonchev–Trinajstić information content (AvgIpc) is 3.12. The zero-order valence-corrected chi connectivity index (χ0v) is 12.3. The van der Waals surface area contributed by atoms with Gasteiger partial charge in [-0.15, -0.1) is 0 Å². The lowest BCUT2D eigenvalue weighted by atomic mass is 9.89. The Labute approximate surface area is 125 Å². The quantitative estimate of drug-likeness (QED) is 0.836. The number of ether oxygens (including phenoxy) is 2. The Bertz CT molecular complexity index is 656. The Morgan fingerprint density at radius 1 is 0.905 bits per heavy atom. The largest absolute Gasteiger partial charge is 0.350 e. The molecule has 0 spiro atoms. The second-order valence-electron chi connectivity index (χ2n) is 5.92. The fourth-order valence-electron chi connectivity index (χ4n) is 3.76. The molecule has 0 saturated carbocycles. The first-order chi connectivity index (χ1) is 10.3. The summed E-state index contributed by atoms with van der Waals surface area (Å²) in [6.07, 6.45) is 2.04. The maximum atomic E-state index is 5.60. The molecule has 1 heterocycles. The standard InChI is InChI=1S/C19H20O2/c1-13-5-4-8-16-14-6-2-3-7-15(14)17(19(13)16)9-10-18-20-11-12-21-18/h2-8,17-18H,9-12H2,1H3. The van der Waals surface area contributed by atoms with Gasteiger partial charge in [0.25, 0.3) is 0 Å². The second kappa shape index (κ2) is 5.28. The van der Waals surface area contributed by atoms with E-state index in [4.69, 9.17) is 9.47 Å². The minimum absolute atomic E-state index is 0.00905. The van der Waals surface area contributed by atoms with Crippen LogP contribution in [0.15, 0.2) is 42.5 Å². The maximum absolute atomic E-state index is 5.60. The van der Waals surface area contributed by atoms with Crippen LogP contribution in [0, 0.1) is 6.92 Å². The third-order valence-corrected chi connectivity index (χ3v) is 4.68. The van der Waals surface area contributed by atoms with Gasteiger partial charge >= 0.3 is 0 Å². The van der Waals surface area contributed by atoms with Crippen molar-refractivity contribution in [2.45, 2.75) is 32.0 Å². The van der Waals surface area contributed by atoms with Crippen LogP contribution in [-0.4, -0.2) is 19.5 Å². The molecule has 0 N–H and O–H groups in total. The highest BCUT2D eigenvalue weighted by molar-refractivity contribution is 5.79. The Morgan fingerprint density at radius 3 is 2.52 bits per heavy atom. The predicted octanol–water partition coefficient (Wildman–Crippen LogP) is 4.26. The fourth-order valence-corrected chi connectivity index (χ4v) is 3.76. The van der Waals surface area contributed by atoms with E-state index in [0.717, 1.165) is 26.1 Å². The highest BCUT2D eigenvalue weighted by atomic mass is 16.7. The van der Waals surface area contributed by atoms with Gasteiger partial charge in [-0.2, -0.15) is 0 Å². The lowest BCUT2D eigenvalue weighted by Gasteiger charge is -2.17. The summed E-state index contributed by atoms with van der Waals surface area (Å²) in [5.74, 6) is 0.477. The van der Waals surface area contributed by atoms with Gasteiger partial charge < -0.3 is 9.47 Å². The van der Waals surface area contributed by atoms with Gasteiger partial charge in [-0.25, -0.2) is 0 Å².